The molecule has 1 aliphatic carbocycles. The Hall–Kier alpha value is -1.07. The van der Waals surface area contributed by atoms with E-state index in [0.717, 1.165) is 19.3 Å². The van der Waals surface area contributed by atoms with Gasteiger partial charge in [-0.3, -0.25) is 0 Å². The number of sulfonamides is 1. The van der Waals surface area contributed by atoms with Crippen LogP contribution in [0, 0.1) is 5.92 Å². The lowest BCUT2D eigenvalue weighted by Crippen LogP contribution is -2.27. The van der Waals surface area contributed by atoms with E-state index in [0.29, 0.717) is 5.92 Å². The topological polar surface area (TPSA) is 66.4 Å². The summed E-state index contributed by atoms with van der Waals surface area (Å²) in [6, 6.07) is 5.67. The molecule has 0 heterocycles. The Morgan fingerprint density at radius 2 is 2.00 bits per heavy atom. The van der Waals surface area contributed by atoms with Crippen LogP contribution in [0.4, 0.5) is 0 Å². The van der Waals surface area contributed by atoms with Crippen LogP contribution in [-0.2, 0) is 10.0 Å². The zero-order valence-electron chi connectivity index (χ0n) is 9.76. The summed E-state index contributed by atoms with van der Waals surface area (Å²) in [5.74, 6) is 0.561. The average molecular weight is 255 g/mol. The Labute approximate surface area is 102 Å². The number of nitrogens with one attached hydrogen (secondary N) is 1. The number of benzene rings is 1. The van der Waals surface area contributed by atoms with Crippen molar-refractivity contribution in [3.05, 3.63) is 24.3 Å². The molecule has 17 heavy (non-hydrogen) atoms. The molecule has 2 unspecified atom stereocenters. The van der Waals surface area contributed by atoms with Gasteiger partial charge in [0.25, 0.3) is 0 Å². The summed E-state index contributed by atoms with van der Waals surface area (Å²) in [6.07, 6.45) is 3.09. The molecule has 1 aliphatic rings. The van der Waals surface area contributed by atoms with E-state index in [2.05, 4.69) is 11.6 Å². The zero-order chi connectivity index (χ0) is 12.5. The van der Waals surface area contributed by atoms with Crippen LogP contribution in [0.3, 0.4) is 0 Å². The quantitative estimate of drug-likeness (QED) is 0.844. The van der Waals surface area contributed by atoms with Gasteiger partial charge in [0, 0.05) is 6.04 Å². The molecule has 0 aromatic heterocycles. The van der Waals surface area contributed by atoms with Gasteiger partial charge in [-0.1, -0.05) is 13.3 Å². The van der Waals surface area contributed by atoms with Crippen molar-refractivity contribution in [3.8, 4) is 5.75 Å². The molecule has 1 aromatic carbocycles. The maximum absolute atomic E-state index is 12.0. The lowest BCUT2D eigenvalue weighted by Gasteiger charge is -2.06. The second-order valence-electron chi connectivity index (χ2n) is 4.51. The van der Waals surface area contributed by atoms with Crippen molar-refractivity contribution in [2.75, 3.05) is 0 Å². The molecule has 0 bridgehead atoms. The van der Waals surface area contributed by atoms with Gasteiger partial charge in [0.15, 0.2) is 0 Å². The summed E-state index contributed by atoms with van der Waals surface area (Å²) in [4.78, 5) is 0.206. The lowest BCUT2D eigenvalue weighted by molar-refractivity contribution is 0.474. The first-order chi connectivity index (χ1) is 8.03. The van der Waals surface area contributed by atoms with Gasteiger partial charge in [-0.25, -0.2) is 13.1 Å². The van der Waals surface area contributed by atoms with Crippen LogP contribution in [-0.4, -0.2) is 19.6 Å². The molecule has 94 valence electrons. The molecule has 1 fully saturated rings. The van der Waals surface area contributed by atoms with Crippen molar-refractivity contribution in [1.82, 2.24) is 4.72 Å². The van der Waals surface area contributed by atoms with Gasteiger partial charge in [-0.2, -0.15) is 0 Å². The second-order valence-corrected chi connectivity index (χ2v) is 6.22. The van der Waals surface area contributed by atoms with Gasteiger partial charge in [-0.05, 0) is 43.0 Å². The summed E-state index contributed by atoms with van der Waals surface area (Å²) in [6.45, 7) is 2.10. The van der Waals surface area contributed by atoms with Gasteiger partial charge in [-0.15, -0.1) is 0 Å². The zero-order valence-corrected chi connectivity index (χ0v) is 10.6. The average Bonchev–Trinajstić information content (AvgIpc) is 2.96. The van der Waals surface area contributed by atoms with E-state index in [9.17, 15) is 8.42 Å². The van der Waals surface area contributed by atoms with E-state index in [1.165, 1.54) is 24.3 Å². The first-order valence-corrected chi connectivity index (χ1v) is 7.32. The SMILES string of the molecule is CCCC1CC1NS(=O)(=O)c1ccc(O)cc1. The van der Waals surface area contributed by atoms with E-state index >= 15 is 0 Å². The highest BCUT2D eigenvalue weighted by molar-refractivity contribution is 7.89. The molecular weight excluding hydrogens is 238 g/mol. The summed E-state index contributed by atoms with van der Waals surface area (Å²) < 4.78 is 26.6. The highest BCUT2D eigenvalue weighted by Crippen LogP contribution is 2.35. The largest absolute Gasteiger partial charge is 0.508 e. The predicted molar refractivity (Wildman–Crippen MR) is 65.2 cm³/mol. The third-order valence-electron chi connectivity index (χ3n) is 3.04. The minimum atomic E-state index is -3.43. The molecule has 5 heteroatoms. The summed E-state index contributed by atoms with van der Waals surface area (Å²) in [5.41, 5.74) is 0. The molecule has 4 nitrogen and oxygen atoms in total. The maximum atomic E-state index is 12.0. The predicted octanol–water partition coefficient (Wildman–Crippen LogP) is 1.86. The fourth-order valence-electron chi connectivity index (χ4n) is 1.97. The smallest absolute Gasteiger partial charge is 0.240 e. The fraction of sp³-hybridized carbons (Fsp3) is 0.500. The standard InChI is InChI=1S/C12H17NO3S/c1-2-3-9-8-12(9)13-17(15,16)11-6-4-10(14)5-7-11/h4-7,9,12-14H,2-3,8H2,1H3. The lowest BCUT2D eigenvalue weighted by atomic mass is 10.2. The normalized spacial score (nSPS) is 23.6. The first kappa shape index (κ1) is 12.4. The van der Waals surface area contributed by atoms with Crippen LogP contribution >= 0.6 is 0 Å². The highest BCUT2D eigenvalue weighted by Gasteiger charge is 2.39. The summed E-state index contributed by atoms with van der Waals surface area (Å²) in [5, 5.41) is 9.11. The Bertz CT molecular complexity index is 481. The molecule has 0 saturated heterocycles. The van der Waals surface area contributed by atoms with Crippen LogP contribution in [0.15, 0.2) is 29.2 Å². The van der Waals surface area contributed by atoms with Gasteiger partial charge in [0.2, 0.25) is 10.0 Å². The maximum Gasteiger partial charge on any atom is 0.240 e. The molecule has 2 atom stereocenters. The van der Waals surface area contributed by atoms with Crippen molar-refractivity contribution in [1.29, 1.82) is 0 Å². The molecule has 2 N–H and O–H groups in total. The number of hydrogen-bond acceptors (Lipinski definition) is 3. The van der Waals surface area contributed by atoms with Crippen molar-refractivity contribution >= 4 is 10.0 Å². The summed E-state index contributed by atoms with van der Waals surface area (Å²) in [7, 11) is -3.43. The van der Waals surface area contributed by atoms with Crippen molar-refractivity contribution < 1.29 is 13.5 Å². The van der Waals surface area contributed by atoms with Crippen molar-refractivity contribution in [3.63, 3.8) is 0 Å². The van der Waals surface area contributed by atoms with Crippen LogP contribution in [0.25, 0.3) is 0 Å². The molecule has 0 spiro atoms. The Balaban J connectivity index is 2.03. The molecule has 2 rings (SSSR count). The third-order valence-corrected chi connectivity index (χ3v) is 4.54. The van der Waals surface area contributed by atoms with Crippen LogP contribution in [0.5, 0.6) is 5.75 Å². The highest BCUT2D eigenvalue weighted by atomic mass is 32.2. The minimum Gasteiger partial charge on any atom is -0.508 e. The third kappa shape index (κ3) is 2.98. The molecule has 0 radical (unpaired) electrons. The number of aromatic hydroxyl groups is 1. The van der Waals surface area contributed by atoms with E-state index in [1.807, 2.05) is 0 Å². The van der Waals surface area contributed by atoms with E-state index in [1.54, 1.807) is 0 Å². The number of phenols is 1. The van der Waals surface area contributed by atoms with Gasteiger partial charge >= 0.3 is 0 Å². The van der Waals surface area contributed by atoms with Crippen LogP contribution < -0.4 is 4.72 Å². The Kier molecular flexibility index (Phi) is 3.40. The van der Waals surface area contributed by atoms with Gasteiger partial charge in [0.1, 0.15) is 5.75 Å². The van der Waals surface area contributed by atoms with Crippen LogP contribution in [0.1, 0.15) is 26.2 Å². The van der Waals surface area contributed by atoms with E-state index < -0.39 is 10.0 Å². The van der Waals surface area contributed by atoms with Crippen molar-refractivity contribution in [2.45, 2.75) is 37.1 Å². The van der Waals surface area contributed by atoms with Gasteiger partial charge in [0.05, 0.1) is 4.90 Å². The molecule has 0 amide bonds. The number of phenolic OH excluding ortho intramolecular Hbond substituents is 1. The molecule has 1 saturated carbocycles. The monoisotopic (exact) mass is 255 g/mol. The summed E-state index contributed by atoms with van der Waals surface area (Å²) >= 11 is 0. The molecule has 0 aliphatic heterocycles. The molecular formula is C12H17NO3S. The fourth-order valence-corrected chi connectivity index (χ4v) is 3.29. The first-order valence-electron chi connectivity index (χ1n) is 5.84. The molecule has 1 aromatic rings. The Morgan fingerprint density at radius 1 is 1.35 bits per heavy atom. The van der Waals surface area contributed by atoms with E-state index in [4.69, 9.17) is 5.11 Å². The second kappa shape index (κ2) is 4.66. The van der Waals surface area contributed by atoms with E-state index in [-0.39, 0.29) is 16.7 Å². The number of rotatable bonds is 5. The van der Waals surface area contributed by atoms with Gasteiger partial charge < -0.3 is 5.11 Å². The van der Waals surface area contributed by atoms with Crippen molar-refractivity contribution in [2.24, 2.45) is 5.92 Å². The number of hydrogen-bond donors (Lipinski definition) is 2. The Morgan fingerprint density at radius 3 is 2.59 bits per heavy atom. The minimum absolute atomic E-state index is 0.0687. The van der Waals surface area contributed by atoms with Crippen LogP contribution in [0.2, 0.25) is 0 Å².